The molecule has 0 aliphatic heterocycles. The first-order valence-electron chi connectivity index (χ1n) is 4.77. The van der Waals surface area contributed by atoms with Crippen molar-refractivity contribution in [2.24, 2.45) is 11.5 Å². The molecule has 0 amide bonds. The van der Waals surface area contributed by atoms with Crippen molar-refractivity contribution in [3.63, 3.8) is 0 Å². The van der Waals surface area contributed by atoms with Gasteiger partial charge in [-0.1, -0.05) is 24.3 Å². The van der Waals surface area contributed by atoms with Gasteiger partial charge in [-0.05, 0) is 0 Å². The Labute approximate surface area is 91.8 Å². The molecule has 4 unspecified atom stereocenters. The molecule has 0 aromatic rings. The van der Waals surface area contributed by atoms with E-state index in [0.29, 0.717) is 0 Å². The molecule has 0 saturated heterocycles. The summed E-state index contributed by atoms with van der Waals surface area (Å²) in [4.78, 5) is 0. The Morgan fingerprint density at radius 2 is 1.07 bits per heavy atom. The van der Waals surface area contributed by atoms with Gasteiger partial charge in [0.1, 0.15) is 0 Å². The lowest BCUT2D eigenvalue weighted by atomic mass is 10.1. The van der Waals surface area contributed by atoms with Crippen molar-refractivity contribution in [2.75, 3.05) is 0 Å². The zero-order chi connectivity index (χ0) is 11.8. The van der Waals surface area contributed by atoms with Crippen molar-refractivity contribution >= 4 is 0 Å². The first-order chi connectivity index (χ1) is 7.10. The van der Waals surface area contributed by atoms with Crippen LogP contribution in [-0.2, 0) is 4.74 Å². The number of hydrogen-bond donors (Lipinski definition) is 2. The van der Waals surface area contributed by atoms with Crippen molar-refractivity contribution in [1.29, 1.82) is 0 Å². The summed E-state index contributed by atoms with van der Waals surface area (Å²) in [5.74, 6) is 0. The summed E-state index contributed by atoms with van der Waals surface area (Å²) in [7, 11) is 0. The molecule has 3 heteroatoms. The van der Waals surface area contributed by atoms with Crippen molar-refractivity contribution < 1.29 is 4.74 Å². The number of nitrogens with two attached hydrogens (primary N) is 2. The third kappa shape index (κ3) is 4.25. The van der Waals surface area contributed by atoms with Crippen LogP contribution in [0.1, 0.15) is 0 Å². The van der Waals surface area contributed by atoms with Crippen LogP contribution in [0.5, 0.6) is 0 Å². The zero-order valence-electron chi connectivity index (χ0n) is 9.01. The lowest BCUT2D eigenvalue weighted by Crippen LogP contribution is -2.41. The van der Waals surface area contributed by atoms with Gasteiger partial charge in [0, 0.05) is 0 Å². The van der Waals surface area contributed by atoms with Gasteiger partial charge < -0.3 is 16.2 Å². The van der Waals surface area contributed by atoms with Gasteiger partial charge in [-0.3, -0.25) is 0 Å². The minimum absolute atomic E-state index is 0.304. The summed E-state index contributed by atoms with van der Waals surface area (Å²) >= 11 is 0. The Kier molecular flexibility index (Phi) is 6.62. The summed E-state index contributed by atoms with van der Waals surface area (Å²) in [5, 5.41) is 0. The molecule has 0 aromatic heterocycles. The smallest absolute Gasteiger partial charge is 0.0948 e. The number of ether oxygens (including phenoxy) is 1. The van der Waals surface area contributed by atoms with Crippen molar-refractivity contribution in [1.82, 2.24) is 0 Å². The molecule has 0 aliphatic rings. The first-order valence-corrected chi connectivity index (χ1v) is 4.77. The van der Waals surface area contributed by atoms with Gasteiger partial charge in [0.25, 0.3) is 0 Å². The second kappa shape index (κ2) is 7.17. The molecule has 0 saturated carbocycles. The molecule has 84 valence electrons. The predicted octanol–water partition coefficient (Wildman–Crippen LogP) is 1.14. The summed E-state index contributed by atoms with van der Waals surface area (Å²) in [5.41, 5.74) is 11.5. The Morgan fingerprint density at radius 3 is 1.27 bits per heavy atom. The minimum Gasteiger partial charge on any atom is -0.363 e. The number of rotatable bonds is 8. The third-order valence-electron chi connectivity index (χ3n) is 2.08. The van der Waals surface area contributed by atoms with Crippen LogP contribution >= 0.6 is 0 Å². The van der Waals surface area contributed by atoms with Crippen LogP contribution in [0.4, 0.5) is 0 Å². The molecular weight excluding hydrogens is 188 g/mol. The fourth-order valence-electron chi connectivity index (χ4n) is 1.06. The maximum atomic E-state index is 5.76. The van der Waals surface area contributed by atoms with Gasteiger partial charge in [-0.2, -0.15) is 0 Å². The number of hydrogen-bond acceptors (Lipinski definition) is 3. The Hall–Kier alpha value is -1.16. The predicted molar refractivity (Wildman–Crippen MR) is 65.4 cm³/mol. The molecule has 15 heavy (non-hydrogen) atoms. The normalized spacial score (nSPS) is 18.3. The Balaban J connectivity index is 4.48. The zero-order valence-corrected chi connectivity index (χ0v) is 9.01. The van der Waals surface area contributed by atoms with Crippen LogP contribution in [0.3, 0.4) is 0 Å². The van der Waals surface area contributed by atoms with Gasteiger partial charge >= 0.3 is 0 Å². The summed E-state index contributed by atoms with van der Waals surface area (Å²) in [6, 6.07) is -0.607. The SMILES string of the molecule is C=CC(N)C(C=C)OC(C=C)C(N)C=C. The first kappa shape index (κ1) is 13.8. The van der Waals surface area contributed by atoms with Gasteiger partial charge in [-0.15, -0.1) is 26.3 Å². The van der Waals surface area contributed by atoms with Crippen LogP contribution in [0, 0.1) is 0 Å². The van der Waals surface area contributed by atoms with E-state index in [4.69, 9.17) is 16.2 Å². The fraction of sp³-hybridized carbons (Fsp3) is 0.333. The molecule has 4 atom stereocenters. The van der Waals surface area contributed by atoms with Crippen molar-refractivity contribution in [2.45, 2.75) is 24.3 Å². The highest BCUT2D eigenvalue weighted by atomic mass is 16.5. The molecule has 0 fully saturated rings. The van der Waals surface area contributed by atoms with Crippen LogP contribution in [0.15, 0.2) is 50.6 Å². The van der Waals surface area contributed by atoms with E-state index in [-0.39, 0.29) is 24.3 Å². The average molecular weight is 208 g/mol. The standard InChI is InChI=1S/C12H20N2O/c1-5-9(13)11(7-3)15-12(8-4)10(14)6-2/h5-12H,1-4,13-14H2. The van der Waals surface area contributed by atoms with Crippen LogP contribution in [0.2, 0.25) is 0 Å². The van der Waals surface area contributed by atoms with Gasteiger partial charge in [0.05, 0.1) is 24.3 Å². The molecule has 0 radical (unpaired) electrons. The quantitative estimate of drug-likeness (QED) is 0.588. The maximum absolute atomic E-state index is 5.76. The van der Waals surface area contributed by atoms with Crippen molar-refractivity contribution in [3.05, 3.63) is 50.6 Å². The summed E-state index contributed by atoms with van der Waals surface area (Å²) in [6.07, 6.45) is 5.81. The average Bonchev–Trinajstić information content (AvgIpc) is 2.28. The van der Waals surface area contributed by atoms with Crippen LogP contribution in [-0.4, -0.2) is 24.3 Å². The summed E-state index contributed by atoms with van der Waals surface area (Å²) < 4.78 is 5.63. The van der Waals surface area contributed by atoms with Crippen LogP contribution in [0.25, 0.3) is 0 Å². The second-order valence-corrected chi connectivity index (χ2v) is 3.16. The topological polar surface area (TPSA) is 61.3 Å². The molecule has 4 N–H and O–H groups in total. The third-order valence-corrected chi connectivity index (χ3v) is 2.08. The lowest BCUT2D eigenvalue weighted by molar-refractivity contribution is 0.0290. The van der Waals surface area contributed by atoms with E-state index < -0.39 is 0 Å². The highest BCUT2D eigenvalue weighted by molar-refractivity contribution is 5.03. The monoisotopic (exact) mass is 208 g/mol. The van der Waals surface area contributed by atoms with Crippen molar-refractivity contribution in [3.8, 4) is 0 Å². The lowest BCUT2D eigenvalue weighted by Gasteiger charge is -2.25. The highest BCUT2D eigenvalue weighted by Gasteiger charge is 2.19. The minimum atomic E-state index is -0.323. The van der Waals surface area contributed by atoms with E-state index in [1.807, 2.05) is 0 Å². The maximum Gasteiger partial charge on any atom is 0.0948 e. The molecular formula is C12H20N2O. The highest BCUT2D eigenvalue weighted by Crippen LogP contribution is 2.08. The fourth-order valence-corrected chi connectivity index (χ4v) is 1.06. The molecule has 0 aromatic carbocycles. The molecule has 0 bridgehead atoms. The summed E-state index contributed by atoms with van der Waals surface area (Å²) in [6.45, 7) is 14.5. The molecule has 0 spiro atoms. The van der Waals surface area contributed by atoms with Crippen LogP contribution < -0.4 is 11.5 Å². The Morgan fingerprint density at radius 1 is 0.733 bits per heavy atom. The molecule has 0 heterocycles. The van der Waals surface area contributed by atoms with Gasteiger partial charge in [-0.25, -0.2) is 0 Å². The van der Waals surface area contributed by atoms with Gasteiger partial charge in [0.2, 0.25) is 0 Å². The van der Waals surface area contributed by atoms with E-state index >= 15 is 0 Å². The van der Waals surface area contributed by atoms with Gasteiger partial charge in [0.15, 0.2) is 0 Å². The van der Waals surface area contributed by atoms with E-state index in [9.17, 15) is 0 Å². The largest absolute Gasteiger partial charge is 0.363 e. The molecule has 0 aliphatic carbocycles. The molecule has 3 nitrogen and oxygen atoms in total. The van der Waals surface area contributed by atoms with E-state index in [1.165, 1.54) is 0 Å². The van der Waals surface area contributed by atoms with E-state index in [2.05, 4.69) is 26.3 Å². The van der Waals surface area contributed by atoms with E-state index in [0.717, 1.165) is 0 Å². The second-order valence-electron chi connectivity index (χ2n) is 3.16. The molecule has 0 rings (SSSR count). The Bertz CT molecular complexity index is 214. The van der Waals surface area contributed by atoms with E-state index in [1.54, 1.807) is 24.3 Å².